The molecule has 2 aromatic rings. The molecule has 0 aliphatic carbocycles. The highest BCUT2D eigenvalue weighted by Gasteiger charge is 2.03. The smallest absolute Gasteiger partial charge is 0.315 e. The number of benzene rings is 2. The second-order valence-electron chi connectivity index (χ2n) is 5.17. The minimum atomic E-state index is -0.208. The predicted molar refractivity (Wildman–Crippen MR) is 93.0 cm³/mol. The van der Waals surface area contributed by atoms with Crippen molar-refractivity contribution in [1.29, 1.82) is 0 Å². The third-order valence-corrected chi connectivity index (χ3v) is 3.72. The number of aryl methyl sites for hydroxylation is 1. The van der Waals surface area contributed by atoms with Gasteiger partial charge in [0.25, 0.3) is 0 Å². The van der Waals surface area contributed by atoms with Crippen molar-refractivity contribution < 1.29 is 9.53 Å². The number of hydrogen-bond donors (Lipinski definition) is 2. The fourth-order valence-electron chi connectivity index (χ4n) is 2.05. The van der Waals surface area contributed by atoms with E-state index in [4.69, 9.17) is 16.3 Å². The molecule has 0 radical (unpaired) electrons. The van der Waals surface area contributed by atoms with Crippen molar-refractivity contribution in [2.75, 3.05) is 13.2 Å². The molecular weight excluding hydrogens is 312 g/mol. The van der Waals surface area contributed by atoms with Crippen molar-refractivity contribution in [2.45, 2.75) is 19.9 Å². The van der Waals surface area contributed by atoms with Gasteiger partial charge in [-0.1, -0.05) is 48.0 Å². The van der Waals surface area contributed by atoms with Gasteiger partial charge in [0.15, 0.2) is 0 Å². The lowest BCUT2D eigenvalue weighted by Crippen LogP contribution is -2.36. The lowest BCUT2D eigenvalue weighted by atomic mass is 10.2. The van der Waals surface area contributed by atoms with Crippen molar-refractivity contribution in [2.24, 2.45) is 0 Å². The Morgan fingerprint density at radius 1 is 1.09 bits per heavy atom. The van der Waals surface area contributed by atoms with Gasteiger partial charge in [0.2, 0.25) is 0 Å². The van der Waals surface area contributed by atoms with Gasteiger partial charge < -0.3 is 15.4 Å². The minimum absolute atomic E-state index is 0.208. The number of carbonyl (C=O) groups is 1. The van der Waals surface area contributed by atoms with Crippen LogP contribution in [0.5, 0.6) is 5.75 Å². The first-order valence-corrected chi connectivity index (χ1v) is 7.98. The Morgan fingerprint density at radius 3 is 2.61 bits per heavy atom. The fraction of sp³-hybridized carbons (Fsp3) is 0.278. The van der Waals surface area contributed by atoms with Gasteiger partial charge in [-0.3, -0.25) is 0 Å². The number of amides is 2. The van der Waals surface area contributed by atoms with Gasteiger partial charge in [0, 0.05) is 18.1 Å². The Bertz CT molecular complexity index is 646. The molecule has 0 bridgehead atoms. The third kappa shape index (κ3) is 5.83. The Hall–Kier alpha value is -2.20. The van der Waals surface area contributed by atoms with Gasteiger partial charge in [0.05, 0.1) is 6.61 Å². The molecule has 0 spiro atoms. The largest absolute Gasteiger partial charge is 0.493 e. The number of nitrogens with one attached hydrogen (secondary N) is 2. The first-order chi connectivity index (χ1) is 11.2. The van der Waals surface area contributed by atoms with Gasteiger partial charge >= 0.3 is 6.03 Å². The van der Waals surface area contributed by atoms with Crippen molar-refractivity contribution in [1.82, 2.24) is 10.6 Å². The highest BCUT2D eigenvalue weighted by Crippen LogP contribution is 2.16. The first kappa shape index (κ1) is 17.2. The standard InChI is InChI=1S/C18H21ClN2O2/c1-14-7-2-5-10-17(14)23-12-6-11-20-18(22)21-13-15-8-3-4-9-16(15)19/h2-5,7-10H,6,11-13H2,1H3,(H2,20,21,22). The lowest BCUT2D eigenvalue weighted by molar-refractivity contribution is 0.238. The molecule has 0 unspecified atom stereocenters. The molecule has 2 N–H and O–H groups in total. The third-order valence-electron chi connectivity index (χ3n) is 3.36. The van der Waals surface area contributed by atoms with Gasteiger partial charge in [0.1, 0.15) is 5.75 Å². The summed E-state index contributed by atoms with van der Waals surface area (Å²) in [7, 11) is 0. The number of carbonyl (C=O) groups excluding carboxylic acids is 1. The summed E-state index contributed by atoms with van der Waals surface area (Å²) in [4.78, 5) is 11.7. The number of halogens is 1. The number of hydrogen-bond acceptors (Lipinski definition) is 2. The van der Waals surface area contributed by atoms with E-state index >= 15 is 0 Å². The topological polar surface area (TPSA) is 50.4 Å². The first-order valence-electron chi connectivity index (χ1n) is 7.60. The van der Waals surface area contributed by atoms with Crippen LogP contribution in [0.2, 0.25) is 5.02 Å². The maximum Gasteiger partial charge on any atom is 0.315 e. The van der Waals surface area contributed by atoms with E-state index in [1.54, 1.807) is 6.07 Å². The van der Waals surface area contributed by atoms with Crippen LogP contribution >= 0.6 is 11.6 Å². The molecular formula is C18H21ClN2O2. The van der Waals surface area contributed by atoms with Gasteiger partial charge in [-0.25, -0.2) is 4.79 Å². The van der Waals surface area contributed by atoms with Crippen LogP contribution in [0.3, 0.4) is 0 Å². The molecule has 0 aliphatic rings. The fourth-order valence-corrected chi connectivity index (χ4v) is 2.26. The molecule has 5 heteroatoms. The molecule has 0 fully saturated rings. The Kier molecular flexibility index (Phi) is 6.76. The molecule has 0 aliphatic heterocycles. The SMILES string of the molecule is Cc1ccccc1OCCCNC(=O)NCc1ccccc1Cl. The van der Waals surface area contributed by atoms with Crippen molar-refractivity contribution in [3.63, 3.8) is 0 Å². The number of ether oxygens (including phenoxy) is 1. The molecule has 0 atom stereocenters. The molecule has 2 aromatic carbocycles. The van der Waals surface area contributed by atoms with Crippen LogP contribution in [0.4, 0.5) is 4.79 Å². The summed E-state index contributed by atoms with van der Waals surface area (Å²) in [5, 5.41) is 6.23. The molecule has 2 amide bonds. The Morgan fingerprint density at radius 2 is 1.83 bits per heavy atom. The summed E-state index contributed by atoms with van der Waals surface area (Å²) in [6, 6.07) is 15.1. The van der Waals surface area contributed by atoms with E-state index in [0.29, 0.717) is 24.7 Å². The van der Waals surface area contributed by atoms with E-state index in [0.717, 1.165) is 23.3 Å². The zero-order valence-electron chi connectivity index (χ0n) is 13.1. The maximum absolute atomic E-state index is 11.7. The number of para-hydroxylation sites is 1. The maximum atomic E-state index is 11.7. The summed E-state index contributed by atoms with van der Waals surface area (Å²) >= 11 is 6.04. The minimum Gasteiger partial charge on any atom is -0.493 e. The van der Waals surface area contributed by atoms with Gasteiger partial charge in [-0.2, -0.15) is 0 Å². The molecule has 0 saturated heterocycles. The van der Waals surface area contributed by atoms with Crippen molar-refractivity contribution >= 4 is 17.6 Å². The Labute approximate surface area is 141 Å². The quantitative estimate of drug-likeness (QED) is 0.755. The number of rotatable bonds is 7. The van der Waals surface area contributed by atoms with E-state index in [1.165, 1.54) is 0 Å². The lowest BCUT2D eigenvalue weighted by Gasteiger charge is -2.10. The molecule has 2 rings (SSSR count). The van der Waals surface area contributed by atoms with E-state index in [2.05, 4.69) is 10.6 Å². The second kappa shape index (κ2) is 9.06. The van der Waals surface area contributed by atoms with E-state index in [-0.39, 0.29) is 6.03 Å². The molecule has 122 valence electrons. The predicted octanol–water partition coefficient (Wildman–Crippen LogP) is 3.92. The average Bonchev–Trinajstić information content (AvgIpc) is 2.55. The highest BCUT2D eigenvalue weighted by atomic mass is 35.5. The van der Waals surface area contributed by atoms with Crippen LogP contribution in [0.25, 0.3) is 0 Å². The second-order valence-corrected chi connectivity index (χ2v) is 5.58. The van der Waals surface area contributed by atoms with Crippen LogP contribution < -0.4 is 15.4 Å². The molecule has 4 nitrogen and oxygen atoms in total. The zero-order chi connectivity index (χ0) is 16.5. The van der Waals surface area contributed by atoms with Crippen molar-refractivity contribution in [3.8, 4) is 5.75 Å². The summed E-state index contributed by atoms with van der Waals surface area (Å²) in [6.45, 7) is 3.54. The summed E-state index contributed by atoms with van der Waals surface area (Å²) in [6.07, 6.45) is 0.744. The number of urea groups is 1. The zero-order valence-corrected chi connectivity index (χ0v) is 13.9. The van der Waals surface area contributed by atoms with Crippen molar-refractivity contribution in [3.05, 3.63) is 64.7 Å². The summed E-state index contributed by atoms with van der Waals surface area (Å²) in [5.74, 6) is 0.885. The van der Waals surface area contributed by atoms with Crippen LogP contribution in [0.15, 0.2) is 48.5 Å². The molecule has 0 aromatic heterocycles. The van der Waals surface area contributed by atoms with Crippen LogP contribution in [-0.4, -0.2) is 19.2 Å². The summed E-state index contributed by atoms with van der Waals surface area (Å²) < 4.78 is 5.67. The van der Waals surface area contributed by atoms with E-state index < -0.39 is 0 Å². The Balaban J connectivity index is 1.60. The van der Waals surface area contributed by atoms with Gasteiger partial charge in [-0.05, 0) is 36.6 Å². The van der Waals surface area contributed by atoms with Gasteiger partial charge in [-0.15, -0.1) is 0 Å². The van der Waals surface area contributed by atoms with Crippen LogP contribution in [0.1, 0.15) is 17.5 Å². The van der Waals surface area contributed by atoms with E-state index in [9.17, 15) is 4.79 Å². The van der Waals surface area contributed by atoms with Crippen LogP contribution in [-0.2, 0) is 6.54 Å². The average molecular weight is 333 g/mol. The normalized spacial score (nSPS) is 10.2. The van der Waals surface area contributed by atoms with E-state index in [1.807, 2.05) is 49.4 Å². The summed E-state index contributed by atoms with van der Waals surface area (Å²) in [5.41, 5.74) is 2.00. The molecule has 0 saturated carbocycles. The molecule has 23 heavy (non-hydrogen) atoms. The highest BCUT2D eigenvalue weighted by molar-refractivity contribution is 6.31. The molecule has 0 heterocycles. The van der Waals surface area contributed by atoms with Crippen LogP contribution in [0, 0.1) is 6.92 Å². The monoisotopic (exact) mass is 332 g/mol.